The van der Waals surface area contributed by atoms with E-state index in [9.17, 15) is 19.2 Å². The van der Waals surface area contributed by atoms with Gasteiger partial charge in [-0.1, -0.05) is 90.5 Å². The van der Waals surface area contributed by atoms with Crippen molar-refractivity contribution in [2.24, 2.45) is 0 Å². The molecule has 0 fully saturated rings. The highest BCUT2D eigenvalue weighted by Crippen LogP contribution is 2.42. The Labute approximate surface area is 280 Å². The van der Waals surface area contributed by atoms with Crippen LogP contribution in [0.5, 0.6) is 5.75 Å². The third-order valence-electron chi connectivity index (χ3n) is 7.73. The SMILES string of the molecule is O=C(O)COc1cccc(C(NC(=O)OCc2cc3c(cc2C(=O)c2ccccc2)-c2c(Cl)cccc2C3)OC(=O)c2ccccc2)c1. The van der Waals surface area contributed by atoms with Crippen LogP contribution in [0.4, 0.5) is 4.79 Å². The third-order valence-corrected chi connectivity index (χ3v) is 8.04. The van der Waals surface area contributed by atoms with E-state index in [4.69, 9.17) is 30.9 Å². The Bertz CT molecular complexity index is 2010. The van der Waals surface area contributed by atoms with E-state index < -0.39 is 30.9 Å². The molecule has 0 spiro atoms. The molecular formula is C38H28ClNO8. The topological polar surface area (TPSA) is 128 Å². The largest absolute Gasteiger partial charge is 0.482 e. The Morgan fingerprint density at radius 2 is 1.50 bits per heavy atom. The predicted octanol–water partition coefficient (Wildman–Crippen LogP) is 7.39. The number of carbonyl (C=O) groups is 4. The number of halogens is 1. The molecule has 0 saturated heterocycles. The number of fused-ring (bicyclic) bond motifs is 3. The number of benzene rings is 5. The zero-order chi connectivity index (χ0) is 33.6. The summed E-state index contributed by atoms with van der Waals surface area (Å²) in [6, 6.07) is 32.5. The fourth-order valence-electron chi connectivity index (χ4n) is 5.51. The van der Waals surface area contributed by atoms with Crippen molar-refractivity contribution in [1.29, 1.82) is 0 Å². The third kappa shape index (κ3) is 7.22. The number of alkyl carbamates (subject to hydrolysis) is 1. The zero-order valence-corrected chi connectivity index (χ0v) is 26.1. The first-order chi connectivity index (χ1) is 23.3. The summed E-state index contributed by atoms with van der Waals surface area (Å²) < 4.78 is 16.6. The van der Waals surface area contributed by atoms with Gasteiger partial charge in [-0.25, -0.2) is 14.4 Å². The molecule has 0 aromatic heterocycles. The van der Waals surface area contributed by atoms with Crippen LogP contribution < -0.4 is 10.1 Å². The number of hydrogen-bond acceptors (Lipinski definition) is 7. The second kappa shape index (κ2) is 14.2. The lowest BCUT2D eigenvalue weighted by atomic mass is 9.93. The number of amides is 1. The average Bonchev–Trinajstić information content (AvgIpc) is 3.48. The molecule has 240 valence electrons. The van der Waals surface area contributed by atoms with Crippen molar-refractivity contribution >= 4 is 35.4 Å². The lowest BCUT2D eigenvalue weighted by molar-refractivity contribution is -0.139. The summed E-state index contributed by atoms with van der Waals surface area (Å²) in [5.74, 6) is -1.94. The van der Waals surface area contributed by atoms with Crippen LogP contribution in [0.3, 0.4) is 0 Å². The van der Waals surface area contributed by atoms with Crippen molar-refractivity contribution in [3.05, 3.63) is 159 Å². The number of nitrogens with one attached hydrogen (secondary N) is 1. The molecule has 0 bridgehead atoms. The number of ether oxygens (including phenoxy) is 3. The molecule has 0 heterocycles. The fourth-order valence-corrected chi connectivity index (χ4v) is 5.80. The van der Waals surface area contributed by atoms with E-state index in [1.807, 2.05) is 30.3 Å². The highest BCUT2D eigenvalue weighted by atomic mass is 35.5. The second-order valence-corrected chi connectivity index (χ2v) is 11.3. The van der Waals surface area contributed by atoms with Gasteiger partial charge in [-0.05, 0) is 59.5 Å². The molecule has 1 aliphatic rings. The Balaban J connectivity index is 1.26. The average molecular weight is 662 g/mol. The first-order valence-electron chi connectivity index (χ1n) is 14.9. The van der Waals surface area contributed by atoms with Gasteiger partial charge in [-0.15, -0.1) is 0 Å². The Morgan fingerprint density at radius 1 is 0.792 bits per heavy atom. The Hall–Kier alpha value is -5.93. The van der Waals surface area contributed by atoms with Crippen LogP contribution >= 0.6 is 11.6 Å². The van der Waals surface area contributed by atoms with Crippen molar-refractivity contribution in [3.63, 3.8) is 0 Å². The standard InChI is InChI=1S/C38H28ClNO8/c39-32-16-8-13-25-17-27-18-28(31(20-30(27)34(25)32)35(43)23-9-3-1-4-10-23)21-47-38(45)40-36(48-37(44)24-11-5-2-6-12-24)26-14-7-15-29(19-26)46-22-33(41)42/h1-16,18-20,36H,17,21-22H2,(H,40,45)(H,41,42). The van der Waals surface area contributed by atoms with Gasteiger partial charge >= 0.3 is 18.0 Å². The molecule has 0 aliphatic heterocycles. The van der Waals surface area contributed by atoms with Gasteiger partial charge in [0.15, 0.2) is 12.4 Å². The summed E-state index contributed by atoms with van der Waals surface area (Å²) in [6.07, 6.45) is -1.66. The molecule has 1 amide bonds. The van der Waals surface area contributed by atoms with Crippen molar-refractivity contribution < 1.29 is 38.5 Å². The Kier molecular flexibility index (Phi) is 9.50. The van der Waals surface area contributed by atoms with Gasteiger partial charge in [0, 0.05) is 32.8 Å². The molecule has 9 nitrogen and oxygen atoms in total. The quantitative estimate of drug-likeness (QED) is 0.0836. The molecule has 1 unspecified atom stereocenters. The van der Waals surface area contributed by atoms with Gasteiger partial charge in [-0.3, -0.25) is 10.1 Å². The van der Waals surface area contributed by atoms with Crippen LogP contribution in [-0.2, 0) is 27.3 Å². The van der Waals surface area contributed by atoms with E-state index in [0.717, 1.165) is 22.3 Å². The second-order valence-electron chi connectivity index (χ2n) is 10.9. The van der Waals surface area contributed by atoms with Crippen LogP contribution in [0.2, 0.25) is 5.02 Å². The Morgan fingerprint density at radius 3 is 2.23 bits per heavy atom. The summed E-state index contributed by atoms with van der Waals surface area (Å²) >= 11 is 6.57. The molecule has 6 rings (SSSR count). The smallest absolute Gasteiger partial charge is 0.410 e. The molecule has 5 aromatic rings. The molecule has 1 atom stereocenters. The highest BCUT2D eigenvalue weighted by molar-refractivity contribution is 6.33. The first kappa shape index (κ1) is 32.0. The molecule has 2 N–H and O–H groups in total. The molecule has 48 heavy (non-hydrogen) atoms. The number of carbonyl (C=O) groups excluding carboxylic acids is 3. The normalized spacial score (nSPS) is 11.9. The van der Waals surface area contributed by atoms with Crippen LogP contribution in [0, 0.1) is 0 Å². The maximum atomic E-state index is 13.8. The first-order valence-corrected chi connectivity index (χ1v) is 15.3. The van der Waals surface area contributed by atoms with Crippen LogP contribution in [-0.4, -0.2) is 35.5 Å². The number of hydrogen-bond donors (Lipinski definition) is 2. The summed E-state index contributed by atoms with van der Waals surface area (Å²) in [7, 11) is 0. The van der Waals surface area contributed by atoms with Crippen LogP contribution in [0.25, 0.3) is 11.1 Å². The van der Waals surface area contributed by atoms with Gasteiger partial charge in [-0.2, -0.15) is 0 Å². The highest BCUT2D eigenvalue weighted by Gasteiger charge is 2.27. The van der Waals surface area contributed by atoms with E-state index in [2.05, 4.69) is 5.32 Å². The monoisotopic (exact) mass is 661 g/mol. The minimum absolute atomic E-state index is 0.189. The van der Waals surface area contributed by atoms with Gasteiger partial charge in [0.2, 0.25) is 6.23 Å². The van der Waals surface area contributed by atoms with Crippen LogP contribution in [0.15, 0.2) is 115 Å². The summed E-state index contributed by atoms with van der Waals surface area (Å²) in [6.45, 7) is -0.853. The maximum absolute atomic E-state index is 13.8. The summed E-state index contributed by atoms with van der Waals surface area (Å²) in [5.41, 5.74) is 5.56. The number of ketones is 1. The van der Waals surface area contributed by atoms with E-state index >= 15 is 0 Å². The zero-order valence-electron chi connectivity index (χ0n) is 25.4. The molecular weight excluding hydrogens is 634 g/mol. The molecule has 0 radical (unpaired) electrons. The van der Waals surface area contributed by atoms with Gasteiger partial charge in [0.1, 0.15) is 12.4 Å². The van der Waals surface area contributed by atoms with E-state index in [1.165, 1.54) is 12.1 Å². The number of esters is 1. The minimum Gasteiger partial charge on any atom is -0.482 e. The van der Waals surface area contributed by atoms with Crippen molar-refractivity contribution in [3.8, 4) is 16.9 Å². The minimum atomic E-state index is -1.33. The van der Waals surface area contributed by atoms with Crippen molar-refractivity contribution in [2.45, 2.75) is 19.3 Å². The van der Waals surface area contributed by atoms with Gasteiger partial charge in [0.05, 0.1) is 5.56 Å². The fraction of sp³-hybridized carbons (Fsp3) is 0.105. The van der Waals surface area contributed by atoms with Crippen molar-refractivity contribution in [2.75, 3.05) is 6.61 Å². The summed E-state index contributed by atoms with van der Waals surface area (Å²) in [4.78, 5) is 51.1. The lowest BCUT2D eigenvalue weighted by Gasteiger charge is -2.20. The molecule has 5 aromatic carbocycles. The molecule has 0 saturated carbocycles. The van der Waals surface area contributed by atoms with E-state index in [1.54, 1.807) is 72.8 Å². The van der Waals surface area contributed by atoms with Crippen molar-refractivity contribution in [1.82, 2.24) is 5.32 Å². The lowest BCUT2D eigenvalue weighted by Crippen LogP contribution is -2.32. The van der Waals surface area contributed by atoms with E-state index in [0.29, 0.717) is 33.7 Å². The number of rotatable bonds is 11. The number of carboxylic acid groups (broad SMARTS) is 1. The van der Waals surface area contributed by atoms with Gasteiger partial charge < -0.3 is 19.3 Å². The summed E-state index contributed by atoms with van der Waals surface area (Å²) in [5, 5.41) is 12.2. The molecule has 10 heteroatoms. The molecule has 1 aliphatic carbocycles. The number of aliphatic carboxylic acids is 1. The van der Waals surface area contributed by atoms with Crippen LogP contribution in [0.1, 0.15) is 54.8 Å². The predicted molar refractivity (Wildman–Crippen MR) is 177 cm³/mol. The van der Waals surface area contributed by atoms with E-state index in [-0.39, 0.29) is 23.7 Å². The van der Waals surface area contributed by atoms with Gasteiger partial charge in [0.25, 0.3) is 0 Å². The maximum Gasteiger partial charge on any atom is 0.410 e. The number of carboxylic acids is 1.